The van der Waals surface area contributed by atoms with Gasteiger partial charge in [0.15, 0.2) is 0 Å². The summed E-state index contributed by atoms with van der Waals surface area (Å²) in [4.78, 5) is 2.37. The topological polar surface area (TPSA) is 45.6 Å². The number of fused-ring (bicyclic) bond motifs is 6. The van der Waals surface area contributed by atoms with Crippen LogP contribution < -0.4 is 10.7 Å². The number of nitrogens with zero attached hydrogens (tertiary/aromatic N) is 2. The Bertz CT molecular complexity index is 1570. The van der Waals surface area contributed by atoms with Crippen LogP contribution in [0.2, 0.25) is 0 Å². The number of hydrazine groups is 1. The Hall–Kier alpha value is -4.02. The summed E-state index contributed by atoms with van der Waals surface area (Å²) in [5.41, 5.74) is 9.90. The molecule has 0 radical (unpaired) electrons. The second kappa shape index (κ2) is 7.24. The van der Waals surface area contributed by atoms with Crippen molar-refractivity contribution in [2.75, 3.05) is 11.4 Å². The molecule has 1 atom stereocenters. The van der Waals surface area contributed by atoms with Gasteiger partial charge < -0.3 is 14.3 Å². The predicted octanol–water partition coefficient (Wildman–Crippen LogP) is 6.84. The molecule has 4 aromatic rings. The highest BCUT2D eigenvalue weighted by Crippen LogP contribution is 2.45. The third-order valence-corrected chi connectivity index (χ3v) is 7.35. The second-order valence-electron chi connectivity index (χ2n) is 9.26. The molecule has 0 spiro atoms. The number of anilines is 2. The molecule has 166 valence electrons. The first-order valence-corrected chi connectivity index (χ1v) is 11.8. The number of nitrogens with two attached hydrogens (primary N) is 1. The molecule has 4 nitrogen and oxygen atoms in total. The van der Waals surface area contributed by atoms with Crippen molar-refractivity contribution in [3.63, 3.8) is 0 Å². The first kappa shape index (κ1) is 19.4. The highest BCUT2D eigenvalue weighted by Gasteiger charge is 2.37. The van der Waals surface area contributed by atoms with E-state index in [0.717, 1.165) is 69.5 Å². The van der Waals surface area contributed by atoms with Gasteiger partial charge in [0.1, 0.15) is 11.2 Å². The molecule has 0 amide bonds. The predicted molar refractivity (Wildman–Crippen MR) is 139 cm³/mol. The third kappa shape index (κ3) is 2.76. The lowest BCUT2D eigenvalue weighted by Crippen LogP contribution is -2.44. The lowest BCUT2D eigenvalue weighted by molar-refractivity contribution is 0.326. The Morgan fingerprint density at radius 1 is 0.941 bits per heavy atom. The highest BCUT2D eigenvalue weighted by atomic mass is 16.3. The SMILES string of the molecule is C=C1/C=C2/C3=C(C=CCC3)N(N)C2CN(c2ccccc2)c2cc3oc4ccccc4c3cc21. The van der Waals surface area contributed by atoms with Crippen molar-refractivity contribution in [1.82, 2.24) is 5.01 Å². The average Bonchev–Trinajstić information content (AvgIpc) is 3.36. The molecule has 1 unspecified atom stereocenters. The molecule has 0 saturated carbocycles. The molecule has 3 aromatic carbocycles. The van der Waals surface area contributed by atoms with Gasteiger partial charge >= 0.3 is 0 Å². The van der Waals surface area contributed by atoms with Crippen LogP contribution in [-0.2, 0) is 0 Å². The van der Waals surface area contributed by atoms with Crippen molar-refractivity contribution in [2.45, 2.75) is 18.9 Å². The van der Waals surface area contributed by atoms with Crippen LogP contribution in [0, 0.1) is 0 Å². The maximum Gasteiger partial charge on any atom is 0.137 e. The zero-order valence-corrected chi connectivity index (χ0v) is 18.9. The van der Waals surface area contributed by atoms with E-state index in [9.17, 15) is 0 Å². The van der Waals surface area contributed by atoms with Gasteiger partial charge in [0.25, 0.3) is 0 Å². The highest BCUT2D eigenvalue weighted by molar-refractivity contribution is 6.08. The monoisotopic (exact) mass is 443 g/mol. The molecule has 0 bridgehead atoms. The fourth-order valence-corrected chi connectivity index (χ4v) is 5.70. The Labute approximate surface area is 198 Å². The van der Waals surface area contributed by atoms with E-state index >= 15 is 0 Å². The van der Waals surface area contributed by atoms with Crippen molar-refractivity contribution in [3.8, 4) is 0 Å². The third-order valence-electron chi connectivity index (χ3n) is 7.35. The van der Waals surface area contributed by atoms with Crippen molar-refractivity contribution >= 4 is 38.9 Å². The lowest BCUT2D eigenvalue weighted by atomic mass is 9.89. The summed E-state index contributed by atoms with van der Waals surface area (Å²) < 4.78 is 6.27. The van der Waals surface area contributed by atoms with Gasteiger partial charge in [0.05, 0.1) is 17.4 Å². The van der Waals surface area contributed by atoms with Gasteiger partial charge in [0.2, 0.25) is 0 Å². The Balaban J connectivity index is 1.50. The molecule has 7 rings (SSSR count). The van der Waals surface area contributed by atoms with E-state index in [4.69, 9.17) is 10.3 Å². The van der Waals surface area contributed by atoms with Crippen LogP contribution in [0.3, 0.4) is 0 Å². The fraction of sp³-hybridized carbons (Fsp3) is 0.133. The van der Waals surface area contributed by atoms with Crippen molar-refractivity contribution in [2.24, 2.45) is 5.84 Å². The zero-order chi connectivity index (χ0) is 22.8. The van der Waals surface area contributed by atoms with Crippen LogP contribution in [0.4, 0.5) is 11.4 Å². The number of furan rings is 1. The molecule has 3 heterocycles. The van der Waals surface area contributed by atoms with Crippen LogP contribution in [0.5, 0.6) is 0 Å². The summed E-state index contributed by atoms with van der Waals surface area (Å²) in [5, 5.41) is 4.19. The standard InChI is InChI=1S/C30H25N3O/c1-19-15-24-21-11-5-7-13-26(21)33(31)28(24)18-32(20-9-3-2-4-10-20)27-17-30-25(16-23(19)27)22-12-6-8-14-29(22)34-30/h2-4,6-10,12-17,28H,1,5,11,18,31H2/b24-15-. The van der Waals surface area contributed by atoms with E-state index < -0.39 is 0 Å². The normalized spacial score (nSPS) is 21.3. The van der Waals surface area contributed by atoms with E-state index in [1.165, 1.54) is 11.1 Å². The summed E-state index contributed by atoms with van der Waals surface area (Å²) in [6.07, 6.45) is 8.71. The molecular formula is C30H25N3O. The molecule has 0 fully saturated rings. The molecule has 0 saturated heterocycles. The maximum atomic E-state index is 6.72. The van der Waals surface area contributed by atoms with Gasteiger partial charge in [-0.25, -0.2) is 5.84 Å². The molecule has 2 N–H and O–H groups in total. The minimum Gasteiger partial charge on any atom is -0.456 e. The van der Waals surface area contributed by atoms with Gasteiger partial charge in [-0.1, -0.05) is 49.1 Å². The summed E-state index contributed by atoms with van der Waals surface area (Å²) in [7, 11) is 0. The molecule has 1 aromatic heterocycles. The van der Waals surface area contributed by atoms with Crippen LogP contribution in [0.25, 0.3) is 27.5 Å². The van der Waals surface area contributed by atoms with Crippen LogP contribution in [0.15, 0.2) is 113 Å². The first-order chi connectivity index (χ1) is 16.7. The molecular weight excluding hydrogens is 418 g/mol. The summed E-state index contributed by atoms with van der Waals surface area (Å²) in [6, 6.07) is 23.2. The van der Waals surface area contributed by atoms with Gasteiger partial charge in [0, 0.05) is 34.6 Å². The van der Waals surface area contributed by atoms with E-state index in [0.29, 0.717) is 0 Å². The number of rotatable bonds is 1. The largest absolute Gasteiger partial charge is 0.456 e. The minimum absolute atomic E-state index is 0.0456. The number of hydrogen-bond donors (Lipinski definition) is 1. The minimum atomic E-state index is 0.0456. The van der Waals surface area contributed by atoms with Gasteiger partial charge in [-0.3, -0.25) is 0 Å². The molecule has 34 heavy (non-hydrogen) atoms. The Morgan fingerprint density at radius 3 is 2.65 bits per heavy atom. The van der Waals surface area contributed by atoms with Crippen LogP contribution >= 0.6 is 0 Å². The van der Waals surface area contributed by atoms with E-state index in [-0.39, 0.29) is 6.04 Å². The van der Waals surface area contributed by atoms with E-state index in [1.807, 2.05) is 17.1 Å². The maximum absolute atomic E-state index is 6.72. The molecule has 3 aliphatic rings. The fourth-order valence-electron chi connectivity index (χ4n) is 5.70. The summed E-state index contributed by atoms with van der Waals surface area (Å²) in [5.74, 6) is 6.72. The number of para-hydroxylation sites is 2. The smallest absolute Gasteiger partial charge is 0.137 e. The summed E-state index contributed by atoms with van der Waals surface area (Å²) >= 11 is 0. The number of allylic oxidation sites excluding steroid dienone is 4. The zero-order valence-electron chi connectivity index (χ0n) is 18.9. The van der Waals surface area contributed by atoms with E-state index in [2.05, 4.69) is 84.3 Å². The first-order valence-electron chi connectivity index (χ1n) is 11.8. The number of benzene rings is 3. The van der Waals surface area contributed by atoms with Crippen LogP contribution in [0.1, 0.15) is 18.4 Å². The molecule has 4 heteroatoms. The molecule has 1 aliphatic carbocycles. The van der Waals surface area contributed by atoms with Crippen molar-refractivity contribution < 1.29 is 4.42 Å². The van der Waals surface area contributed by atoms with Crippen molar-refractivity contribution in [1.29, 1.82) is 0 Å². The van der Waals surface area contributed by atoms with Gasteiger partial charge in [-0.2, -0.15) is 0 Å². The van der Waals surface area contributed by atoms with Crippen LogP contribution in [-0.4, -0.2) is 17.6 Å². The van der Waals surface area contributed by atoms with Gasteiger partial charge in [-0.05, 0) is 66.0 Å². The summed E-state index contributed by atoms with van der Waals surface area (Å²) in [6.45, 7) is 5.28. The molecule has 2 aliphatic heterocycles. The lowest BCUT2D eigenvalue weighted by Gasteiger charge is -2.35. The van der Waals surface area contributed by atoms with Gasteiger partial charge in [-0.15, -0.1) is 0 Å². The Kier molecular flexibility index (Phi) is 4.14. The quantitative estimate of drug-likeness (QED) is 0.327. The number of hydrogen-bond acceptors (Lipinski definition) is 4. The average molecular weight is 444 g/mol. The second-order valence-corrected chi connectivity index (χ2v) is 9.26. The van der Waals surface area contributed by atoms with Crippen molar-refractivity contribution in [3.05, 3.63) is 114 Å². The Morgan fingerprint density at radius 2 is 1.76 bits per heavy atom. The van der Waals surface area contributed by atoms with E-state index in [1.54, 1.807) is 0 Å².